The molecule has 0 bridgehead atoms. The summed E-state index contributed by atoms with van der Waals surface area (Å²) in [5, 5.41) is 2.90. The average Bonchev–Trinajstić information content (AvgIpc) is 3.33. The van der Waals surface area contributed by atoms with Gasteiger partial charge in [0.15, 0.2) is 0 Å². The van der Waals surface area contributed by atoms with Crippen LogP contribution in [0.25, 0.3) is 0 Å². The Bertz CT molecular complexity index is 852. The largest absolute Gasteiger partial charge is 2.00 e. The molecule has 1 aliphatic carbocycles. The number of benzene rings is 2. The summed E-state index contributed by atoms with van der Waals surface area (Å²) in [5.41, 5.74) is 12.7. The van der Waals surface area contributed by atoms with Crippen LogP contribution in [0.5, 0.6) is 0 Å². The molecule has 0 heterocycles. The summed E-state index contributed by atoms with van der Waals surface area (Å²) in [5.74, 6) is 0. The second-order valence-electron chi connectivity index (χ2n) is 9.71. The van der Waals surface area contributed by atoms with Crippen molar-refractivity contribution in [1.29, 1.82) is 0 Å². The third kappa shape index (κ3) is 13.1. The van der Waals surface area contributed by atoms with Crippen LogP contribution in [-0.2, 0) is 19.3 Å². The molecule has 35 heavy (non-hydrogen) atoms. The summed E-state index contributed by atoms with van der Waals surface area (Å²) in [4.78, 5) is 10.2. The molecule has 0 saturated carbocycles. The minimum atomic E-state index is 0. The summed E-state index contributed by atoms with van der Waals surface area (Å²) < 4.78 is 0. The predicted octanol–water partition coefficient (Wildman–Crippen LogP) is 9.51. The van der Waals surface area contributed by atoms with Gasteiger partial charge in [0.2, 0.25) is 0 Å². The zero-order valence-corrected chi connectivity index (χ0v) is 27.0. The van der Waals surface area contributed by atoms with E-state index in [9.17, 15) is 4.91 Å². The molecule has 1 unspecified atom stereocenters. The van der Waals surface area contributed by atoms with E-state index in [1.54, 1.807) is 6.07 Å². The Hall–Kier alpha value is -1.11. The third-order valence-corrected chi connectivity index (χ3v) is 6.96. The fraction of sp³-hybridized carbons (Fsp3) is 0.548. The van der Waals surface area contributed by atoms with Gasteiger partial charge in [0.25, 0.3) is 0 Å². The first-order valence-electron chi connectivity index (χ1n) is 13.3. The molecule has 0 aromatic heterocycles. The van der Waals surface area contributed by atoms with Crippen LogP contribution in [0, 0.1) is 62.2 Å². The number of nitrogen functional groups attached to an aromatic ring is 1. The van der Waals surface area contributed by atoms with E-state index in [0.29, 0.717) is 11.1 Å². The van der Waals surface area contributed by atoms with Crippen LogP contribution >= 0.6 is 0 Å². The molecule has 2 aromatic rings. The number of nitroso groups, excluding NO2 is 1. The number of nitrogens with two attached hydrogens (primary N) is 1. The van der Waals surface area contributed by atoms with E-state index < -0.39 is 0 Å². The Morgan fingerprint density at radius 1 is 0.971 bits per heavy atom. The number of rotatable bonds is 10. The fourth-order valence-electron chi connectivity index (χ4n) is 4.25. The van der Waals surface area contributed by atoms with Crippen LogP contribution in [0.3, 0.4) is 0 Å². The number of aryl methyl sites for hydroxylation is 4. The minimum absolute atomic E-state index is 0. The summed E-state index contributed by atoms with van der Waals surface area (Å²) in [6.07, 6.45) is 14.7. The molecule has 3 rings (SSSR count). The molecule has 4 heteroatoms. The van der Waals surface area contributed by atoms with Gasteiger partial charge in [0.1, 0.15) is 5.69 Å². The SMILES string of the molecule is CCc1ccc(C)c(N)c1.O=Nc1ccc2c(c1)CCC2.[CH2-]CCCC([CH2-])(CC)CCCCC.[U+2]. The molecule has 0 saturated heterocycles. The zero-order valence-electron chi connectivity index (χ0n) is 22.8. The van der Waals surface area contributed by atoms with E-state index in [-0.39, 0.29) is 31.1 Å². The number of hydrogen-bond donors (Lipinski definition) is 1. The van der Waals surface area contributed by atoms with Crippen molar-refractivity contribution < 1.29 is 31.1 Å². The van der Waals surface area contributed by atoms with Gasteiger partial charge in [0.05, 0.1) is 0 Å². The number of anilines is 1. The standard InChI is InChI=1S/C13H26.C9H9NO.C9H13N.U/c1-5-8-10-12-13(4,7-3)11-9-6-2;11-10-9-5-4-7-2-1-3-8(7)6-9;1-3-8-5-4-7(2)9(10)6-8;/h2,4-12H2,1,3H3;4-6H,1-3H2;4-6H,3,10H2,1-2H3;/q-2;;;+2. The van der Waals surface area contributed by atoms with Crippen molar-refractivity contribution >= 4 is 11.4 Å². The van der Waals surface area contributed by atoms with Crippen LogP contribution in [0.4, 0.5) is 11.4 Å². The van der Waals surface area contributed by atoms with E-state index in [1.165, 1.54) is 68.1 Å². The maximum absolute atomic E-state index is 10.2. The Balaban J connectivity index is 0.000000491. The van der Waals surface area contributed by atoms with Gasteiger partial charge in [-0.15, -0.1) is 4.91 Å². The van der Waals surface area contributed by atoms with Crippen LogP contribution in [-0.4, -0.2) is 0 Å². The molecule has 0 aliphatic heterocycles. The number of hydrogen-bond acceptors (Lipinski definition) is 3. The Morgan fingerprint density at radius 3 is 2.23 bits per heavy atom. The molecule has 1 atom stereocenters. The van der Waals surface area contributed by atoms with Crippen LogP contribution in [0.15, 0.2) is 41.6 Å². The van der Waals surface area contributed by atoms with E-state index in [2.05, 4.69) is 51.9 Å². The van der Waals surface area contributed by atoms with Gasteiger partial charge in [-0.25, -0.2) is 0 Å². The number of nitrogens with zero attached hydrogens (tertiary/aromatic N) is 1. The molecule has 0 fully saturated rings. The molecular formula is C31H48N2OU. The van der Waals surface area contributed by atoms with Gasteiger partial charge in [-0.05, 0) is 78.2 Å². The normalized spacial score (nSPS) is 13.2. The summed E-state index contributed by atoms with van der Waals surface area (Å²) in [6, 6.07) is 11.9. The first-order valence-corrected chi connectivity index (χ1v) is 13.3. The van der Waals surface area contributed by atoms with Crippen LogP contribution in [0.2, 0.25) is 0 Å². The molecule has 2 aromatic carbocycles. The summed E-state index contributed by atoms with van der Waals surface area (Å²) in [6.45, 7) is 16.9. The summed E-state index contributed by atoms with van der Waals surface area (Å²) in [7, 11) is 0. The molecular weight excluding hydrogens is 654 g/mol. The van der Waals surface area contributed by atoms with Crippen molar-refractivity contribution in [2.24, 2.45) is 10.6 Å². The zero-order chi connectivity index (χ0) is 25.4. The Morgan fingerprint density at radius 2 is 1.66 bits per heavy atom. The van der Waals surface area contributed by atoms with Crippen molar-refractivity contribution in [3.63, 3.8) is 0 Å². The monoisotopic (exact) mass is 702 g/mol. The van der Waals surface area contributed by atoms with Gasteiger partial charge in [-0.1, -0.05) is 83.9 Å². The first-order chi connectivity index (χ1) is 16.3. The maximum Gasteiger partial charge on any atom is 2.00 e. The van der Waals surface area contributed by atoms with Crippen molar-refractivity contribution in [2.45, 2.75) is 105 Å². The first kappa shape index (κ1) is 33.9. The van der Waals surface area contributed by atoms with Crippen molar-refractivity contribution in [3.8, 4) is 0 Å². The Labute approximate surface area is 239 Å². The fourth-order valence-corrected chi connectivity index (χ4v) is 4.25. The molecule has 0 spiro atoms. The average molecular weight is 703 g/mol. The molecule has 3 nitrogen and oxygen atoms in total. The topological polar surface area (TPSA) is 55.5 Å². The Kier molecular flexibility index (Phi) is 18.5. The van der Waals surface area contributed by atoms with Crippen molar-refractivity contribution in [2.75, 3.05) is 5.73 Å². The second-order valence-corrected chi connectivity index (χ2v) is 9.71. The smallest absolute Gasteiger partial charge is 0.399 e. The van der Waals surface area contributed by atoms with Crippen molar-refractivity contribution in [1.82, 2.24) is 0 Å². The molecule has 2 N–H and O–H groups in total. The molecule has 0 amide bonds. The molecule has 192 valence electrons. The summed E-state index contributed by atoms with van der Waals surface area (Å²) >= 11 is 0. The van der Waals surface area contributed by atoms with Gasteiger partial charge in [0, 0.05) is 5.69 Å². The second kappa shape index (κ2) is 19.1. The third-order valence-electron chi connectivity index (χ3n) is 6.96. The van der Waals surface area contributed by atoms with Gasteiger partial charge in [-0.3, -0.25) is 0 Å². The molecule has 0 radical (unpaired) electrons. The van der Waals surface area contributed by atoms with Gasteiger partial charge < -0.3 is 19.6 Å². The molecule has 1 aliphatic rings. The van der Waals surface area contributed by atoms with Crippen LogP contribution < -0.4 is 5.73 Å². The van der Waals surface area contributed by atoms with E-state index in [4.69, 9.17) is 5.73 Å². The quantitative estimate of drug-likeness (QED) is 0.116. The van der Waals surface area contributed by atoms with Gasteiger partial charge in [-0.2, -0.15) is 11.8 Å². The van der Waals surface area contributed by atoms with E-state index in [1.807, 2.05) is 25.1 Å². The maximum atomic E-state index is 10.2. The van der Waals surface area contributed by atoms with Crippen LogP contribution in [0.1, 0.15) is 101 Å². The van der Waals surface area contributed by atoms with Crippen molar-refractivity contribution in [3.05, 3.63) is 77.4 Å². The number of unbranched alkanes of at least 4 members (excludes halogenated alkanes) is 3. The minimum Gasteiger partial charge on any atom is -0.399 e. The predicted molar refractivity (Wildman–Crippen MR) is 150 cm³/mol. The van der Waals surface area contributed by atoms with Gasteiger partial charge >= 0.3 is 31.1 Å². The number of fused-ring (bicyclic) bond motifs is 1. The van der Waals surface area contributed by atoms with E-state index in [0.717, 1.165) is 36.9 Å². The van der Waals surface area contributed by atoms with E-state index >= 15 is 0 Å².